The number of aliphatic hydroxyl groups is 1. The van der Waals surface area contributed by atoms with Crippen LogP contribution in [0.15, 0.2) is 24.3 Å². The maximum absolute atomic E-state index is 12.3. The molecule has 0 bridgehead atoms. The Balaban J connectivity index is 2.00. The lowest BCUT2D eigenvalue weighted by molar-refractivity contribution is 0.0429. The number of nitrogens with zero attached hydrogens (tertiary/aromatic N) is 1. The van der Waals surface area contributed by atoms with Gasteiger partial charge in [-0.2, -0.15) is 0 Å². The van der Waals surface area contributed by atoms with Crippen LogP contribution in [0.25, 0.3) is 0 Å². The van der Waals surface area contributed by atoms with E-state index in [1.165, 1.54) is 0 Å². The summed E-state index contributed by atoms with van der Waals surface area (Å²) in [5, 5.41) is 13.6. The van der Waals surface area contributed by atoms with Crippen LogP contribution in [0.2, 0.25) is 5.02 Å². The van der Waals surface area contributed by atoms with Gasteiger partial charge in [-0.15, -0.1) is 0 Å². The second kappa shape index (κ2) is 7.14. The Hall–Kier alpha value is -1.26. The number of carbonyl (C=O) groups excluding carboxylic acids is 1. The molecule has 1 aliphatic heterocycles. The first-order valence-electron chi connectivity index (χ1n) is 7.50. The van der Waals surface area contributed by atoms with Crippen molar-refractivity contribution in [1.29, 1.82) is 0 Å². The number of likely N-dealkylation sites (tertiary alicyclic amines) is 1. The number of β-amino-alcohol motifs (C(OH)–C–C–N with tert-alkyl or cyclic N) is 1. The molecule has 1 aromatic carbocycles. The largest absolute Gasteiger partial charge is 0.391 e. The van der Waals surface area contributed by atoms with E-state index in [4.69, 9.17) is 11.6 Å². The predicted octanol–water partition coefficient (Wildman–Crippen LogP) is 3.20. The predicted molar refractivity (Wildman–Crippen MR) is 84.4 cm³/mol. The Morgan fingerprint density at radius 3 is 2.95 bits per heavy atom. The fourth-order valence-corrected chi connectivity index (χ4v) is 2.82. The van der Waals surface area contributed by atoms with Gasteiger partial charge in [-0.3, -0.25) is 0 Å². The zero-order valence-corrected chi connectivity index (χ0v) is 13.3. The van der Waals surface area contributed by atoms with E-state index in [0.717, 1.165) is 18.4 Å². The molecule has 1 aliphatic rings. The molecule has 0 aliphatic carbocycles. The number of carbonyl (C=O) groups is 1. The summed E-state index contributed by atoms with van der Waals surface area (Å²) in [5.41, 5.74) is 1.00. The van der Waals surface area contributed by atoms with Crippen molar-refractivity contribution in [2.24, 2.45) is 5.92 Å². The molecule has 0 spiro atoms. The van der Waals surface area contributed by atoms with Crippen LogP contribution < -0.4 is 5.32 Å². The number of piperidine rings is 1. The third kappa shape index (κ3) is 4.11. The van der Waals surface area contributed by atoms with Crippen molar-refractivity contribution in [3.05, 3.63) is 34.9 Å². The highest BCUT2D eigenvalue weighted by molar-refractivity contribution is 6.30. The number of nitrogens with one attached hydrogen (secondary N) is 1. The monoisotopic (exact) mass is 310 g/mol. The number of urea groups is 1. The Morgan fingerprint density at radius 2 is 2.33 bits per heavy atom. The van der Waals surface area contributed by atoms with Gasteiger partial charge in [-0.1, -0.05) is 37.6 Å². The fourth-order valence-electron chi connectivity index (χ4n) is 2.62. The van der Waals surface area contributed by atoms with E-state index in [9.17, 15) is 9.90 Å². The normalized spacial score (nSPS) is 23.7. The van der Waals surface area contributed by atoms with Crippen molar-refractivity contribution in [3.8, 4) is 0 Å². The summed E-state index contributed by atoms with van der Waals surface area (Å²) in [7, 11) is 0. The maximum Gasteiger partial charge on any atom is 0.317 e. The highest BCUT2D eigenvalue weighted by Gasteiger charge is 2.28. The van der Waals surface area contributed by atoms with E-state index in [0.29, 0.717) is 18.1 Å². The van der Waals surface area contributed by atoms with Gasteiger partial charge in [0.25, 0.3) is 0 Å². The number of benzene rings is 1. The van der Waals surface area contributed by atoms with Crippen molar-refractivity contribution in [1.82, 2.24) is 10.2 Å². The van der Waals surface area contributed by atoms with Crippen LogP contribution in [0.1, 0.15) is 38.3 Å². The van der Waals surface area contributed by atoms with Crippen molar-refractivity contribution < 1.29 is 9.90 Å². The Labute approximate surface area is 131 Å². The minimum absolute atomic E-state index is 0.0623. The van der Waals surface area contributed by atoms with Gasteiger partial charge >= 0.3 is 6.03 Å². The molecule has 2 amide bonds. The van der Waals surface area contributed by atoms with Gasteiger partial charge in [0.1, 0.15) is 0 Å². The van der Waals surface area contributed by atoms with E-state index < -0.39 is 6.10 Å². The van der Waals surface area contributed by atoms with E-state index in [-0.39, 0.29) is 18.0 Å². The molecule has 2 N–H and O–H groups in total. The van der Waals surface area contributed by atoms with Crippen molar-refractivity contribution in [2.45, 2.75) is 38.8 Å². The van der Waals surface area contributed by atoms with E-state index in [1.54, 1.807) is 4.90 Å². The summed E-state index contributed by atoms with van der Waals surface area (Å²) < 4.78 is 0. The molecule has 0 saturated carbocycles. The van der Waals surface area contributed by atoms with Crippen molar-refractivity contribution in [2.75, 3.05) is 13.1 Å². The van der Waals surface area contributed by atoms with Crippen LogP contribution in [0, 0.1) is 5.92 Å². The number of amides is 2. The Morgan fingerprint density at radius 1 is 1.57 bits per heavy atom. The first kappa shape index (κ1) is 16.1. The molecule has 2 rings (SSSR count). The Kier molecular flexibility index (Phi) is 5.48. The third-order valence-electron chi connectivity index (χ3n) is 4.16. The van der Waals surface area contributed by atoms with E-state index in [2.05, 4.69) is 5.32 Å². The van der Waals surface area contributed by atoms with Crippen molar-refractivity contribution >= 4 is 17.6 Å². The fraction of sp³-hybridized carbons (Fsp3) is 0.562. The molecule has 3 atom stereocenters. The molecule has 21 heavy (non-hydrogen) atoms. The lowest BCUT2D eigenvalue weighted by atomic mass is 9.96. The molecule has 1 heterocycles. The van der Waals surface area contributed by atoms with Crippen LogP contribution in [0.5, 0.6) is 0 Å². The Bertz CT molecular complexity index is 495. The second-order valence-corrected chi connectivity index (χ2v) is 6.18. The smallest absolute Gasteiger partial charge is 0.317 e. The number of hydrogen-bond donors (Lipinski definition) is 2. The summed E-state index contributed by atoms with van der Waals surface area (Å²) in [6.07, 6.45) is 1.19. The lowest BCUT2D eigenvalue weighted by Gasteiger charge is -2.35. The molecule has 4 nitrogen and oxygen atoms in total. The summed E-state index contributed by atoms with van der Waals surface area (Å²) >= 11 is 6.01. The average Bonchev–Trinajstić information content (AvgIpc) is 2.47. The quantitative estimate of drug-likeness (QED) is 0.900. The first-order chi connectivity index (χ1) is 10.0. The van der Waals surface area contributed by atoms with E-state index >= 15 is 0 Å². The summed E-state index contributed by atoms with van der Waals surface area (Å²) in [5.74, 6) is 0.254. The average molecular weight is 311 g/mol. The molecule has 3 unspecified atom stereocenters. The zero-order chi connectivity index (χ0) is 15.4. The van der Waals surface area contributed by atoms with Crippen LogP contribution >= 0.6 is 11.6 Å². The highest BCUT2D eigenvalue weighted by Crippen LogP contribution is 2.22. The number of rotatable bonds is 3. The second-order valence-electron chi connectivity index (χ2n) is 5.74. The molecule has 1 fully saturated rings. The molecule has 0 radical (unpaired) electrons. The van der Waals surface area contributed by atoms with Crippen molar-refractivity contribution in [3.63, 3.8) is 0 Å². The topological polar surface area (TPSA) is 52.6 Å². The zero-order valence-electron chi connectivity index (χ0n) is 12.6. The summed E-state index contributed by atoms with van der Waals surface area (Å²) in [6.45, 7) is 5.13. The van der Waals surface area contributed by atoms with Gasteiger partial charge in [0, 0.05) is 18.1 Å². The van der Waals surface area contributed by atoms with Gasteiger partial charge in [0.2, 0.25) is 0 Å². The molecule has 5 heteroatoms. The summed E-state index contributed by atoms with van der Waals surface area (Å²) in [6, 6.07) is 7.37. The number of hydrogen-bond acceptors (Lipinski definition) is 2. The molecule has 116 valence electrons. The minimum Gasteiger partial charge on any atom is -0.391 e. The molecular formula is C16H23ClN2O2. The van der Waals surface area contributed by atoms with Gasteiger partial charge in [-0.25, -0.2) is 4.79 Å². The van der Waals surface area contributed by atoms with Crippen LogP contribution in [-0.2, 0) is 0 Å². The lowest BCUT2D eigenvalue weighted by Crippen LogP contribution is -2.50. The maximum atomic E-state index is 12.3. The van der Waals surface area contributed by atoms with Crippen LogP contribution in [0.4, 0.5) is 4.79 Å². The highest BCUT2D eigenvalue weighted by atomic mass is 35.5. The third-order valence-corrected chi connectivity index (χ3v) is 4.40. The number of halogens is 1. The summed E-state index contributed by atoms with van der Waals surface area (Å²) in [4.78, 5) is 14.0. The molecular weight excluding hydrogens is 288 g/mol. The van der Waals surface area contributed by atoms with Gasteiger partial charge < -0.3 is 15.3 Å². The van der Waals surface area contributed by atoms with Crippen LogP contribution in [-0.4, -0.2) is 35.2 Å². The SMILES string of the molecule is CCC(NC(=O)N1CCC(C)C(O)C1)c1cccc(Cl)c1. The first-order valence-corrected chi connectivity index (χ1v) is 7.88. The molecule has 1 aromatic rings. The minimum atomic E-state index is -0.434. The van der Waals surface area contributed by atoms with E-state index in [1.807, 2.05) is 38.1 Å². The van der Waals surface area contributed by atoms with Gasteiger partial charge in [0.05, 0.1) is 12.1 Å². The molecule has 0 aromatic heterocycles. The van der Waals surface area contributed by atoms with Crippen LogP contribution in [0.3, 0.4) is 0 Å². The molecule has 1 saturated heterocycles. The standard InChI is InChI=1S/C16H23ClN2O2/c1-3-14(12-5-4-6-13(17)9-12)18-16(21)19-8-7-11(2)15(20)10-19/h4-6,9,11,14-15,20H,3,7-8,10H2,1-2H3,(H,18,21). The number of aliphatic hydroxyl groups excluding tert-OH is 1. The van der Waals surface area contributed by atoms with Gasteiger partial charge in [-0.05, 0) is 36.5 Å². The van der Waals surface area contributed by atoms with Gasteiger partial charge in [0.15, 0.2) is 0 Å².